The highest BCUT2D eigenvalue weighted by Crippen LogP contribution is 2.26. The van der Waals surface area contributed by atoms with Gasteiger partial charge in [-0.15, -0.1) is 0 Å². The van der Waals surface area contributed by atoms with E-state index in [2.05, 4.69) is 11.8 Å². The number of aryl methyl sites for hydroxylation is 1. The van der Waals surface area contributed by atoms with E-state index in [0.29, 0.717) is 13.0 Å². The predicted octanol–water partition coefficient (Wildman–Crippen LogP) is 1.51. The fraction of sp³-hybridized carbons (Fsp3) is 0.556. The monoisotopic (exact) mass is 315 g/mol. The molecule has 2 aliphatic heterocycles. The fourth-order valence-corrected chi connectivity index (χ4v) is 3.39. The summed E-state index contributed by atoms with van der Waals surface area (Å²) in [6.45, 7) is 9.14. The van der Waals surface area contributed by atoms with Crippen molar-refractivity contribution in [1.82, 2.24) is 9.80 Å². The minimum absolute atomic E-state index is 0.0550. The maximum absolute atomic E-state index is 12.7. The van der Waals surface area contributed by atoms with Crippen molar-refractivity contribution in [3.8, 4) is 0 Å². The molecule has 2 saturated heterocycles. The van der Waals surface area contributed by atoms with E-state index in [1.165, 1.54) is 5.56 Å². The average molecular weight is 315 g/mol. The molecule has 1 atom stereocenters. The molecule has 0 aliphatic carbocycles. The molecule has 23 heavy (non-hydrogen) atoms. The fourth-order valence-electron chi connectivity index (χ4n) is 3.39. The smallest absolute Gasteiger partial charge is 0.228 e. The molecule has 0 spiro atoms. The number of likely N-dealkylation sites (N-methyl/N-ethyl adjacent to an activating group) is 1. The van der Waals surface area contributed by atoms with E-state index in [1.54, 1.807) is 4.90 Å². The van der Waals surface area contributed by atoms with Crippen LogP contribution in [0.1, 0.15) is 18.9 Å². The number of rotatable bonds is 3. The van der Waals surface area contributed by atoms with Gasteiger partial charge in [0.25, 0.3) is 0 Å². The average Bonchev–Trinajstić information content (AvgIpc) is 2.97. The maximum Gasteiger partial charge on any atom is 0.228 e. The van der Waals surface area contributed by atoms with Crippen LogP contribution in [0.4, 0.5) is 5.69 Å². The van der Waals surface area contributed by atoms with Gasteiger partial charge in [-0.1, -0.05) is 24.6 Å². The summed E-state index contributed by atoms with van der Waals surface area (Å²) in [7, 11) is 0. The first-order chi connectivity index (χ1) is 11.1. The highest BCUT2D eigenvalue weighted by Gasteiger charge is 2.37. The summed E-state index contributed by atoms with van der Waals surface area (Å²) >= 11 is 0. The number of piperazine rings is 1. The Morgan fingerprint density at radius 1 is 1.13 bits per heavy atom. The summed E-state index contributed by atoms with van der Waals surface area (Å²) < 4.78 is 0. The van der Waals surface area contributed by atoms with Gasteiger partial charge in [-0.25, -0.2) is 0 Å². The van der Waals surface area contributed by atoms with Crippen molar-refractivity contribution >= 4 is 17.5 Å². The van der Waals surface area contributed by atoms with Crippen molar-refractivity contribution in [1.29, 1.82) is 0 Å². The topological polar surface area (TPSA) is 43.9 Å². The normalized spacial score (nSPS) is 22.7. The third-order valence-corrected chi connectivity index (χ3v) is 4.95. The highest BCUT2D eigenvalue weighted by molar-refractivity contribution is 6.00. The lowest BCUT2D eigenvalue weighted by Gasteiger charge is -2.35. The van der Waals surface area contributed by atoms with Crippen molar-refractivity contribution in [2.45, 2.75) is 20.3 Å². The molecule has 2 amide bonds. The lowest BCUT2D eigenvalue weighted by molar-refractivity contribution is -0.137. The van der Waals surface area contributed by atoms with E-state index in [1.807, 2.05) is 36.1 Å². The largest absolute Gasteiger partial charge is 0.340 e. The number of amides is 2. The molecule has 124 valence electrons. The zero-order valence-electron chi connectivity index (χ0n) is 14.0. The van der Waals surface area contributed by atoms with Gasteiger partial charge in [0.2, 0.25) is 11.8 Å². The van der Waals surface area contributed by atoms with E-state index in [9.17, 15) is 9.59 Å². The molecule has 1 aromatic carbocycles. The van der Waals surface area contributed by atoms with Gasteiger partial charge in [-0.2, -0.15) is 0 Å². The summed E-state index contributed by atoms with van der Waals surface area (Å²) in [5.74, 6) is 0.0000848. The zero-order chi connectivity index (χ0) is 16.4. The Morgan fingerprint density at radius 3 is 2.39 bits per heavy atom. The van der Waals surface area contributed by atoms with E-state index in [4.69, 9.17) is 0 Å². The van der Waals surface area contributed by atoms with E-state index >= 15 is 0 Å². The SMILES string of the molecule is CCN1CCN(C(=O)[C@@H]2CC(=O)N(c3ccc(C)cc3)C2)CC1. The minimum atomic E-state index is -0.197. The van der Waals surface area contributed by atoms with Crippen molar-refractivity contribution in [3.05, 3.63) is 29.8 Å². The first-order valence-electron chi connectivity index (χ1n) is 8.46. The van der Waals surface area contributed by atoms with Crippen LogP contribution in [0.15, 0.2) is 24.3 Å². The summed E-state index contributed by atoms with van der Waals surface area (Å²) in [4.78, 5) is 31.0. The minimum Gasteiger partial charge on any atom is -0.340 e. The van der Waals surface area contributed by atoms with Crippen molar-refractivity contribution in [3.63, 3.8) is 0 Å². The zero-order valence-corrected chi connectivity index (χ0v) is 14.0. The van der Waals surface area contributed by atoms with E-state index < -0.39 is 0 Å². The molecular formula is C18H25N3O2. The Morgan fingerprint density at radius 2 is 1.78 bits per heavy atom. The van der Waals surface area contributed by atoms with E-state index in [-0.39, 0.29) is 17.7 Å². The van der Waals surface area contributed by atoms with Crippen LogP contribution < -0.4 is 4.90 Å². The Labute approximate surface area is 137 Å². The number of hydrogen-bond acceptors (Lipinski definition) is 3. The van der Waals surface area contributed by atoms with Crippen LogP contribution in [0.3, 0.4) is 0 Å². The summed E-state index contributed by atoms with van der Waals surface area (Å²) in [5, 5.41) is 0. The molecule has 0 saturated carbocycles. The number of carbonyl (C=O) groups is 2. The molecule has 0 N–H and O–H groups in total. The lowest BCUT2D eigenvalue weighted by atomic mass is 10.1. The standard InChI is InChI=1S/C18H25N3O2/c1-3-19-8-10-20(11-9-19)18(23)15-12-17(22)21(13-15)16-6-4-14(2)5-7-16/h4-7,15H,3,8-13H2,1-2H3/t15-/m1/s1. The summed E-state index contributed by atoms with van der Waals surface area (Å²) in [5.41, 5.74) is 2.06. The van der Waals surface area contributed by atoms with Crippen molar-refractivity contribution in [2.75, 3.05) is 44.2 Å². The molecule has 0 radical (unpaired) electrons. The van der Waals surface area contributed by atoms with Gasteiger partial charge in [0.15, 0.2) is 0 Å². The van der Waals surface area contributed by atoms with Gasteiger partial charge in [-0.05, 0) is 25.6 Å². The van der Waals surface area contributed by atoms with Gasteiger partial charge >= 0.3 is 0 Å². The van der Waals surface area contributed by atoms with Crippen LogP contribution >= 0.6 is 0 Å². The molecule has 1 aromatic rings. The first-order valence-corrected chi connectivity index (χ1v) is 8.46. The molecule has 2 heterocycles. The van der Waals surface area contributed by atoms with Crippen LogP contribution in [-0.4, -0.2) is 60.9 Å². The number of carbonyl (C=O) groups excluding carboxylic acids is 2. The Balaban J connectivity index is 1.63. The van der Waals surface area contributed by atoms with Gasteiger partial charge < -0.3 is 14.7 Å². The third kappa shape index (κ3) is 3.39. The maximum atomic E-state index is 12.7. The molecule has 2 aliphatic rings. The van der Waals surface area contributed by atoms with Crippen molar-refractivity contribution < 1.29 is 9.59 Å². The highest BCUT2D eigenvalue weighted by atomic mass is 16.2. The number of benzene rings is 1. The van der Waals surface area contributed by atoms with Gasteiger partial charge in [0.1, 0.15) is 0 Å². The van der Waals surface area contributed by atoms with Crippen LogP contribution in [0.5, 0.6) is 0 Å². The molecule has 0 aromatic heterocycles. The van der Waals surface area contributed by atoms with Crippen LogP contribution in [0, 0.1) is 12.8 Å². The molecule has 5 nitrogen and oxygen atoms in total. The molecule has 0 unspecified atom stereocenters. The molecule has 5 heteroatoms. The second kappa shape index (κ2) is 6.71. The van der Waals surface area contributed by atoms with Gasteiger partial charge in [0, 0.05) is 44.8 Å². The van der Waals surface area contributed by atoms with Gasteiger partial charge in [-0.3, -0.25) is 9.59 Å². The van der Waals surface area contributed by atoms with E-state index in [0.717, 1.165) is 38.4 Å². The van der Waals surface area contributed by atoms with Crippen LogP contribution in [0.2, 0.25) is 0 Å². The lowest BCUT2D eigenvalue weighted by Crippen LogP contribution is -2.50. The Kier molecular flexibility index (Phi) is 4.66. The molecule has 3 rings (SSSR count). The quantitative estimate of drug-likeness (QED) is 0.849. The second-order valence-electron chi connectivity index (χ2n) is 6.50. The Hall–Kier alpha value is -1.88. The van der Waals surface area contributed by atoms with Crippen molar-refractivity contribution in [2.24, 2.45) is 5.92 Å². The molecule has 2 fully saturated rings. The number of hydrogen-bond donors (Lipinski definition) is 0. The number of anilines is 1. The third-order valence-electron chi connectivity index (χ3n) is 4.95. The molecule has 0 bridgehead atoms. The summed E-state index contributed by atoms with van der Waals surface area (Å²) in [6, 6.07) is 7.92. The van der Waals surface area contributed by atoms with Crippen LogP contribution in [0.25, 0.3) is 0 Å². The second-order valence-corrected chi connectivity index (χ2v) is 6.50. The van der Waals surface area contributed by atoms with Gasteiger partial charge in [0.05, 0.1) is 5.92 Å². The number of nitrogens with zero attached hydrogens (tertiary/aromatic N) is 3. The molecular weight excluding hydrogens is 290 g/mol. The Bertz CT molecular complexity index is 576. The predicted molar refractivity (Wildman–Crippen MR) is 90.3 cm³/mol. The summed E-state index contributed by atoms with van der Waals surface area (Å²) in [6.07, 6.45) is 0.334. The first kappa shape index (κ1) is 16.0. The van der Waals surface area contributed by atoms with Crippen LogP contribution in [-0.2, 0) is 9.59 Å².